The summed E-state index contributed by atoms with van der Waals surface area (Å²) in [6, 6.07) is 12.6. The van der Waals surface area contributed by atoms with Crippen LogP contribution in [0.4, 0.5) is 10.1 Å². The van der Waals surface area contributed by atoms with Gasteiger partial charge in [0, 0.05) is 19.5 Å². The largest absolute Gasteiger partial charge is 0.504 e. The molecule has 1 aliphatic rings. The Morgan fingerprint density at radius 3 is 2.47 bits per heavy atom. The van der Waals surface area contributed by atoms with E-state index in [1.54, 1.807) is 13.0 Å². The predicted molar refractivity (Wildman–Crippen MR) is 133 cm³/mol. The fourth-order valence-corrected chi connectivity index (χ4v) is 4.47. The highest BCUT2D eigenvalue weighted by Crippen LogP contribution is 2.31. The van der Waals surface area contributed by atoms with Crippen LogP contribution in [0.3, 0.4) is 0 Å². The van der Waals surface area contributed by atoms with Crippen LogP contribution in [0, 0.1) is 18.7 Å². The molecule has 9 heteroatoms. The van der Waals surface area contributed by atoms with Gasteiger partial charge in [0.2, 0.25) is 0 Å². The first-order chi connectivity index (χ1) is 17.4. The molecule has 0 unspecified atom stereocenters. The molecule has 1 amide bonds. The number of piperidine rings is 1. The molecule has 2 heterocycles. The van der Waals surface area contributed by atoms with Crippen molar-refractivity contribution in [3.8, 4) is 16.9 Å². The SMILES string of the molecule is Cc1nc(CC2CCN(c3ccc(-c4ccc(CO)cc4)cc3F)CC2)nc(C(=O)NCC=O)c1O. The van der Waals surface area contributed by atoms with Crippen molar-refractivity contribution in [1.82, 2.24) is 15.3 Å². The molecule has 0 atom stereocenters. The summed E-state index contributed by atoms with van der Waals surface area (Å²) in [6.45, 7) is 2.77. The summed E-state index contributed by atoms with van der Waals surface area (Å²) in [5.74, 6) is -0.475. The van der Waals surface area contributed by atoms with E-state index in [-0.39, 0.29) is 36.3 Å². The molecule has 2 aromatic carbocycles. The second-order valence-corrected chi connectivity index (χ2v) is 8.95. The minimum atomic E-state index is -0.621. The van der Waals surface area contributed by atoms with Crippen molar-refractivity contribution in [2.45, 2.75) is 32.8 Å². The number of amides is 1. The minimum Gasteiger partial charge on any atom is -0.504 e. The Hall–Kier alpha value is -3.85. The van der Waals surface area contributed by atoms with Gasteiger partial charge in [-0.1, -0.05) is 30.3 Å². The minimum absolute atomic E-state index is 0.0279. The Bertz CT molecular complexity index is 1240. The number of carbonyl (C=O) groups is 2. The number of hydrogen-bond acceptors (Lipinski definition) is 7. The lowest BCUT2D eigenvalue weighted by molar-refractivity contribution is -0.107. The second kappa shape index (κ2) is 11.3. The Kier molecular flexibility index (Phi) is 7.90. The number of halogens is 1. The first-order valence-electron chi connectivity index (χ1n) is 11.9. The Morgan fingerprint density at radius 2 is 1.83 bits per heavy atom. The van der Waals surface area contributed by atoms with Crippen LogP contribution in [0.2, 0.25) is 0 Å². The topological polar surface area (TPSA) is 116 Å². The lowest BCUT2D eigenvalue weighted by atomic mass is 9.92. The van der Waals surface area contributed by atoms with Crippen LogP contribution in [0.1, 0.15) is 40.4 Å². The third kappa shape index (κ3) is 5.68. The average molecular weight is 493 g/mol. The lowest BCUT2D eigenvalue weighted by Crippen LogP contribution is -2.35. The Balaban J connectivity index is 1.40. The molecule has 1 fully saturated rings. The number of aryl methyl sites for hydroxylation is 1. The van der Waals surface area contributed by atoms with Crippen molar-refractivity contribution >= 4 is 17.9 Å². The number of aldehydes is 1. The molecule has 1 aromatic heterocycles. The van der Waals surface area contributed by atoms with E-state index in [4.69, 9.17) is 0 Å². The molecule has 0 saturated carbocycles. The van der Waals surface area contributed by atoms with Gasteiger partial charge in [-0.25, -0.2) is 14.4 Å². The number of anilines is 1. The van der Waals surface area contributed by atoms with E-state index in [2.05, 4.69) is 15.3 Å². The quantitative estimate of drug-likeness (QED) is 0.414. The first kappa shape index (κ1) is 25.2. The maximum absolute atomic E-state index is 15.0. The number of aromatic hydroxyl groups is 1. The normalized spacial score (nSPS) is 14.0. The fourth-order valence-electron chi connectivity index (χ4n) is 4.47. The van der Waals surface area contributed by atoms with Crippen molar-refractivity contribution in [2.75, 3.05) is 24.5 Å². The van der Waals surface area contributed by atoms with Gasteiger partial charge in [0.25, 0.3) is 5.91 Å². The summed E-state index contributed by atoms with van der Waals surface area (Å²) < 4.78 is 15.0. The monoisotopic (exact) mass is 492 g/mol. The van der Waals surface area contributed by atoms with E-state index < -0.39 is 5.91 Å². The summed E-state index contributed by atoms with van der Waals surface area (Å²) in [5.41, 5.74) is 3.22. The number of rotatable bonds is 8. The van der Waals surface area contributed by atoms with Crippen LogP contribution in [0.5, 0.6) is 5.75 Å². The zero-order valence-electron chi connectivity index (χ0n) is 20.1. The average Bonchev–Trinajstić information content (AvgIpc) is 2.89. The maximum Gasteiger partial charge on any atom is 0.274 e. The first-order valence-corrected chi connectivity index (χ1v) is 11.9. The van der Waals surface area contributed by atoms with Crippen molar-refractivity contribution in [1.29, 1.82) is 0 Å². The number of hydrogen-bond donors (Lipinski definition) is 3. The van der Waals surface area contributed by atoms with Gasteiger partial charge in [-0.05, 0) is 54.5 Å². The van der Waals surface area contributed by atoms with E-state index in [0.717, 1.165) is 29.5 Å². The Labute approximate surface area is 208 Å². The summed E-state index contributed by atoms with van der Waals surface area (Å²) in [7, 11) is 0. The van der Waals surface area contributed by atoms with Gasteiger partial charge in [0.05, 0.1) is 24.5 Å². The standard InChI is InChI=1S/C27H29FN4O4/c1-17-26(35)25(27(36)29-10-13-33)31-24(30-17)14-18-8-11-32(12-9-18)23-7-6-21(15-22(23)28)20-4-2-19(16-34)3-5-20/h2-7,13,15,18,34-35H,8-12,14,16H2,1H3,(H,29,36). The van der Waals surface area contributed by atoms with Gasteiger partial charge in [-0.3, -0.25) is 4.79 Å². The highest BCUT2D eigenvalue weighted by molar-refractivity contribution is 5.95. The third-order valence-electron chi connectivity index (χ3n) is 6.51. The van der Waals surface area contributed by atoms with Crippen molar-refractivity contribution in [2.24, 2.45) is 5.92 Å². The number of carbonyl (C=O) groups excluding carboxylic acids is 2. The molecule has 0 radical (unpaired) electrons. The molecule has 3 aromatic rings. The molecular formula is C27H29FN4O4. The molecule has 0 spiro atoms. The number of aliphatic hydroxyl groups is 1. The van der Waals surface area contributed by atoms with Crippen molar-refractivity contribution < 1.29 is 24.2 Å². The third-order valence-corrected chi connectivity index (χ3v) is 6.51. The van der Waals surface area contributed by atoms with Gasteiger partial charge in [0.1, 0.15) is 17.9 Å². The summed E-state index contributed by atoms with van der Waals surface area (Å²) in [6.07, 6.45) is 2.71. The number of nitrogens with one attached hydrogen (secondary N) is 1. The van der Waals surface area contributed by atoms with Crippen LogP contribution >= 0.6 is 0 Å². The highest BCUT2D eigenvalue weighted by atomic mass is 19.1. The van der Waals surface area contributed by atoms with E-state index in [1.807, 2.05) is 41.3 Å². The number of aliphatic hydroxyl groups excluding tert-OH is 1. The van der Waals surface area contributed by atoms with Gasteiger partial charge in [-0.2, -0.15) is 0 Å². The molecule has 0 aliphatic carbocycles. The van der Waals surface area contributed by atoms with Gasteiger partial charge in [0.15, 0.2) is 11.4 Å². The summed E-state index contributed by atoms with van der Waals surface area (Å²) in [5, 5.41) is 21.8. The van der Waals surface area contributed by atoms with E-state index in [0.29, 0.717) is 43.0 Å². The van der Waals surface area contributed by atoms with Crippen LogP contribution in [-0.2, 0) is 17.8 Å². The predicted octanol–water partition coefficient (Wildman–Crippen LogP) is 3.18. The smallest absolute Gasteiger partial charge is 0.274 e. The number of nitrogens with zero attached hydrogens (tertiary/aromatic N) is 3. The molecule has 0 bridgehead atoms. The molecule has 36 heavy (non-hydrogen) atoms. The second-order valence-electron chi connectivity index (χ2n) is 8.95. The molecular weight excluding hydrogens is 463 g/mol. The lowest BCUT2D eigenvalue weighted by Gasteiger charge is -2.33. The Morgan fingerprint density at radius 1 is 1.14 bits per heavy atom. The van der Waals surface area contributed by atoms with Gasteiger partial charge < -0.3 is 25.2 Å². The number of benzene rings is 2. The van der Waals surface area contributed by atoms with E-state index in [9.17, 15) is 19.8 Å². The molecule has 1 saturated heterocycles. The van der Waals surface area contributed by atoms with Crippen LogP contribution in [0.15, 0.2) is 42.5 Å². The zero-order chi connectivity index (χ0) is 25.7. The van der Waals surface area contributed by atoms with Crippen molar-refractivity contribution in [3.63, 3.8) is 0 Å². The summed E-state index contributed by atoms with van der Waals surface area (Å²) in [4.78, 5) is 33.4. The van der Waals surface area contributed by atoms with Gasteiger partial charge in [-0.15, -0.1) is 0 Å². The molecule has 4 rings (SSSR count). The molecule has 3 N–H and O–H groups in total. The van der Waals surface area contributed by atoms with E-state index >= 15 is 4.39 Å². The fraction of sp³-hybridized carbons (Fsp3) is 0.333. The highest BCUT2D eigenvalue weighted by Gasteiger charge is 2.24. The molecule has 1 aliphatic heterocycles. The van der Waals surface area contributed by atoms with Crippen LogP contribution < -0.4 is 10.2 Å². The van der Waals surface area contributed by atoms with E-state index in [1.165, 1.54) is 0 Å². The van der Waals surface area contributed by atoms with Crippen LogP contribution in [0.25, 0.3) is 11.1 Å². The zero-order valence-corrected chi connectivity index (χ0v) is 20.1. The number of aromatic nitrogens is 2. The summed E-state index contributed by atoms with van der Waals surface area (Å²) >= 11 is 0. The maximum atomic E-state index is 15.0. The van der Waals surface area contributed by atoms with Crippen LogP contribution in [-0.4, -0.2) is 52.0 Å². The molecule has 8 nitrogen and oxygen atoms in total. The van der Waals surface area contributed by atoms with Crippen molar-refractivity contribution in [3.05, 3.63) is 71.1 Å². The van der Waals surface area contributed by atoms with Gasteiger partial charge >= 0.3 is 0 Å². The molecule has 188 valence electrons.